The van der Waals surface area contributed by atoms with E-state index in [1.807, 2.05) is 36.4 Å². The highest BCUT2D eigenvalue weighted by molar-refractivity contribution is 9.10. The van der Waals surface area contributed by atoms with Gasteiger partial charge in [-0.25, -0.2) is 0 Å². The number of halogens is 1. The van der Waals surface area contributed by atoms with Crippen molar-refractivity contribution < 1.29 is 0 Å². The summed E-state index contributed by atoms with van der Waals surface area (Å²) in [4.78, 5) is 2.40. The van der Waals surface area contributed by atoms with E-state index in [0.29, 0.717) is 0 Å². The Morgan fingerprint density at radius 2 is 1.73 bits per heavy atom. The zero-order chi connectivity index (χ0) is 10.7. The van der Waals surface area contributed by atoms with Crippen LogP contribution in [0.4, 0.5) is 5.69 Å². The Hall–Kier alpha value is -0.930. The number of nitrogen functional groups attached to an aromatic ring is 1. The predicted octanol–water partition coefficient (Wildman–Crippen LogP) is 4.18. The van der Waals surface area contributed by atoms with E-state index in [-0.39, 0.29) is 0 Å². The molecule has 2 rings (SSSR count). The monoisotopic (exact) mass is 279 g/mol. The first-order chi connectivity index (χ1) is 7.25. The van der Waals surface area contributed by atoms with E-state index in [1.54, 1.807) is 11.8 Å². The van der Waals surface area contributed by atoms with Crippen molar-refractivity contribution in [2.45, 2.75) is 9.79 Å². The quantitative estimate of drug-likeness (QED) is 0.835. The van der Waals surface area contributed by atoms with Gasteiger partial charge in [0.05, 0.1) is 0 Å². The molecule has 0 spiro atoms. The number of nitrogens with two attached hydrogens (primary N) is 1. The Balaban J connectivity index is 2.25. The minimum Gasteiger partial charge on any atom is -0.399 e. The van der Waals surface area contributed by atoms with E-state index < -0.39 is 0 Å². The molecule has 0 saturated carbocycles. The summed E-state index contributed by atoms with van der Waals surface area (Å²) in [5.74, 6) is 0. The van der Waals surface area contributed by atoms with Crippen LogP contribution in [0.2, 0.25) is 0 Å². The van der Waals surface area contributed by atoms with Crippen LogP contribution in [0, 0.1) is 0 Å². The maximum atomic E-state index is 5.68. The van der Waals surface area contributed by atoms with Gasteiger partial charge < -0.3 is 5.73 Å². The third-order valence-corrected chi connectivity index (χ3v) is 3.93. The number of benzene rings is 2. The lowest BCUT2D eigenvalue weighted by Crippen LogP contribution is -1.84. The molecule has 2 N–H and O–H groups in total. The molecule has 0 amide bonds. The lowest BCUT2D eigenvalue weighted by Gasteiger charge is -2.04. The first-order valence-electron chi connectivity index (χ1n) is 4.53. The largest absolute Gasteiger partial charge is 0.399 e. The molecule has 76 valence electrons. The molecule has 1 nitrogen and oxygen atoms in total. The second kappa shape index (κ2) is 4.73. The van der Waals surface area contributed by atoms with Gasteiger partial charge >= 0.3 is 0 Å². The van der Waals surface area contributed by atoms with Crippen LogP contribution >= 0.6 is 27.7 Å². The molecule has 2 aromatic carbocycles. The molecule has 0 atom stereocenters. The number of anilines is 1. The summed E-state index contributed by atoms with van der Waals surface area (Å²) in [6.07, 6.45) is 0. The molecular weight excluding hydrogens is 270 g/mol. The van der Waals surface area contributed by atoms with Crippen molar-refractivity contribution in [1.29, 1.82) is 0 Å². The van der Waals surface area contributed by atoms with Gasteiger partial charge in [-0.05, 0) is 46.3 Å². The van der Waals surface area contributed by atoms with Crippen molar-refractivity contribution in [3.8, 4) is 0 Å². The minimum atomic E-state index is 0.777. The molecule has 0 bridgehead atoms. The maximum absolute atomic E-state index is 5.68. The van der Waals surface area contributed by atoms with Gasteiger partial charge in [-0.1, -0.05) is 30.0 Å². The van der Waals surface area contributed by atoms with Gasteiger partial charge in [0.25, 0.3) is 0 Å². The van der Waals surface area contributed by atoms with Crippen molar-refractivity contribution in [3.05, 3.63) is 53.0 Å². The normalized spacial score (nSPS) is 10.2. The van der Waals surface area contributed by atoms with Crippen LogP contribution in [-0.4, -0.2) is 0 Å². The van der Waals surface area contributed by atoms with Crippen molar-refractivity contribution in [2.75, 3.05) is 5.73 Å². The smallest absolute Gasteiger partial charge is 0.0335 e. The Kier molecular flexibility index (Phi) is 3.34. The van der Waals surface area contributed by atoms with Crippen molar-refractivity contribution in [2.24, 2.45) is 0 Å². The van der Waals surface area contributed by atoms with Crippen LogP contribution in [0.1, 0.15) is 0 Å². The second-order valence-corrected chi connectivity index (χ2v) is 5.07. The highest BCUT2D eigenvalue weighted by atomic mass is 79.9. The van der Waals surface area contributed by atoms with Crippen LogP contribution in [0.3, 0.4) is 0 Å². The van der Waals surface area contributed by atoms with Crippen molar-refractivity contribution in [3.63, 3.8) is 0 Å². The molecule has 0 saturated heterocycles. The van der Waals surface area contributed by atoms with Gasteiger partial charge in [-0.15, -0.1) is 0 Å². The molecule has 0 aromatic heterocycles. The summed E-state index contributed by atoms with van der Waals surface area (Å²) in [5, 5.41) is 0. The summed E-state index contributed by atoms with van der Waals surface area (Å²) in [6.45, 7) is 0. The van der Waals surface area contributed by atoms with E-state index in [4.69, 9.17) is 5.73 Å². The Bertz CT molecular complexity index is 456. The Labute approximate surface area is 102 Å². The van der Waals surface area contributed by atoms with Gasteiger partial charge in [0, 0.05) is 20.0 Å². The van der Waals surface area contributed by atoms with Crippen molar-refractivity contribution >= 4 is 33.4 Å². The molecule has 0 aliphatic carbocycles. The fraction of sp³-hybridized carbons (Fsp3) is 0. The molecule has 2 aromatic rings. The minimum absolute atomic E-state index is 0.777. The zero-order valence-corrected chi connectivity index (χ0v) is 10.4. The average molecular weight is 280 g/mol. The summed E-state index contributed by atoms with van der Waals surface area (Å²) in [6, 6.07) is 16.1. The average Bonchev–Trinajstić information content (AvgIpc) is 2.24. The first kappa shape index (κ1) is 10.6. The lowest BCUT2D eigenvalue weighted by atomic mass is 10.3. The summed E-state index contributed by atoms with van der Waals surface area (Å²) in [7, 11) is 0. The SMILES string of the molecule is Nc1ccc(Sc2ccccc2)c(Br)c1. The fourth-order valence-electron chi connectivity index (χ4n) is 1.22. The van der Waals surface area contributed by atoms with Crippen LogP contribution in [0.15, 0.2) is 62.8 Å². The molecule has 0 aliphatic rings. The van der Waals surface area contributed by atoms with Crippen LogP contribution in [0.5, 0.6) is 0 Å². The van der Waals surface area contributed by atoms with Crippen LogP contribution < -0.4 is 5.73 Å². The molecular formula is C12H10BrNS. The van der Waals surface area contributed by atoms with E-state index in [1.165, 1.54) is 9.79 Å². The highest BCUT2D eigenvalue weighted by Gasteiger charge is 2.01. The fourth-order valence-corrected chi connectivity index (χ4v) is 2.69. The van der Waals surface area contributed by atoms with Gasteiger partial charge in [0.1, 0.15) is 0 Å². The molecule has 3 heteroatoms. The summed E-state index contributed by atoms with van der Waals surface area (Å²) in [5.41, 5.74) is 6.46. The highest BCUT2D eigenvalue weighted by Crippen LogP contribution is 2.34. The third-order valence-electron chi connectivity index (χ3n) is 1.93. The molecule has 0 fully saturated rings. The number of hydrogen-bond acceptors (Lipinski definition) is 2. The van der Waals surface area contributed by atoms with E-state index >= 15 is 0 Å². The van der Waals surface area contributed by atoms with Crippen LogP contribution in [0.25, 0.3) is 0 Å². The van der Waals surface area contributed by atoms with Gasteiger partial charge in [0.15, 0.2) is 0 Å². The van der Waals surface area contributed by atoms with Crippen LogP contribution in [-0.2, 0) is 0 Å². The topological polar surface area (TPSA) is 26.0 Å². The molecule has 0 heterocycles. The molecule has 0 radical (unpaired) electrons. The molecule has 0 unspecified atom stereocenters. The van der Waals surface area contributed by atoms with Gasteiger partial charge in [0.2, 0.25) is 0 Å². The van der Waals surface area contributed by atoms with Gasteiger partial charge in [-0.2, -0.15) is 0 Å². The Morgan fingerprint density at radius 3 is 2.40 bits per heavy atom. The van der Waals surface area contributed by atoms with Crippen molar-refractivity contribution in [1.82, 2.24) is 0 Å². The third kappa shape index (κ3) is 2.76. The summed E-state index contributed by atoms with van der Waals surface area (Å²) >= 11 is 5.22. The zero-order valence-electron chi connectivity index (χ0n) is 7.98. The number of hydrogen-bond donors (Lipinski definition) is 1. The first-order valence-corrected chi connectivity index (χ1v) is 6.14. The van der Waals surface area contributed by atoms with E-state index in [9.17, 15) is 0 Å². The lowest BCUT2D eigenvalue weighted by molar-refractivity contribution is 1.37. The van der Waals surface area contributed by atoms with E-state index in [0.717, 1.165) is 10.2 Å². The predicted molar refractivity (Wildman–Crippen MR) is 69.1 cm³/mol. The Morgan fingerprint density at radius 1 is 1.00 bits per heavy atom. The second-order valence-electron chi connectivity index (χ2n) is 3.10. The maximum Gasteiger partial charge on any atom is 0.0335 e. The standard InChI is InChI=1S/C12H10BrNS/c13-11-8-9(14)6-7-12(11)15-10-4-2-1-3-5-10/h1-8H,14H2. The van der Waals surface area contributed by atoms with Gasteiger partial charge in [-0.3, -0.25) is 0 Å². The number of rotatable bonds is 2. The molecule has 0 aliphatic heterocycles. The summed E-state index contributed by atoms with van der Waals surface area (Å²) < 4.78 is 1.04. The molecule has 15 heavy (non-hydrogen) atoms. The van der Waals surface area contributed by atoms with E-state index in [2.05, 4.69) is 28.1 Å².